The Kier molecular flexibility index (Phi) is 4.24. The maximum Gasteiger partial charge on any atom is 0.105 e. The van der Waals surface area contributed by atoms with E-state index in [-0.39, 0.29) is 6.04 Å². The first-order valence-electron chi connectivity index (χ1n) is 6.76. The molecule has 3 heteroatoms. The maximum atomic E-state index is 5.74. The van der Waals surface area contributed by atoms with Crippen LogP contribution >= 0.6 is 0 Å². The highest BCUT2D eigenvalue weighted by molar-refractivity contribution is 5.21. The van der Waals surface area contributed by atoms with E-state index in [4.69, 9.17) is 10.3 Å². The van der Waals surface area contributed by atoms with Crippen LogP contribution < -0.4 is 11.3 Å². The Hall–Kier alpha value is -0.800. The SMILES string of the molecule is CCC1CCC(C(NN)c2ccoc2C)CC1. The second-order valence-corrected chi connectivity index (χ2v) is 5.27. The van der Waals surface area contributed by atoms with Crippen molar-refractivity contribution in [2.45, 2.75) is 52.0 Å². The summed E-state index contributed by atoms with van der Waals surface area (Å²) in [4.78, 5) is 0. The quantitative estimate of drug-likeness (QED) is 0.623. The van der Waals surface area contributed by atoms with Gasteiger partial charge in [0.25, 0.3) is 0 Å². The lowest BCUT2D eigenvalue weighted by molar-refractivity contribution is 0.218. The van der Waals surface area contributed by atoms with Crippen molar-refractivity contribution in [2.75, 3.05) is 0 Å². The van der Waals surface area contributed by atoms with Gasteiger partial charge in [-0.15, -0.1) is 0 Å². The van der Waals surface area contributed by atoms with Gasteiger partial charge in [-0.25, -0.2) is 0 Å². The van der Waals surface area contributed by atoms with E-state index < -0.39 is 0 Å². The maximum absolute atomic E-state index is 5.74. The largest absolute Gasteiger partial charge is 0.469 e. The molecular weight excluding hydrogens is 212 g/mol. The first kappa shape index (κ1) is 12.7. The molecule has 1 aliphatic carbocycles. The fourth-order valence-corrected chi connectivity index (χ4v) is 3.13. The second kappa shape index (κ2) is 5.69. The minimum Gasteiger partial charge on any atom is -0.469 e. The van der Waals surface area contributed by atoms with E-state index in [9.17, 15) is 0 Å². The minimum absolute atomic E-state index is 0.256. The van der Waals surface area contributed by atoms with Gasteiger partial charge >= 0.3 is 0 Å². The first-order chi connectivity index (χ1) is 8.26. The summed E-state index contributed by atoms with van der Waals surface area (Å²) in [5.41, 5.74) is 4.22. The molecular formula is C14H24N2O. The lowest BCUT2D eigenvalue weighted by atomic mass is 9.76. The summed E-state index contributed by atoms with van der Waals surface area (Å²) in [7, 11) is 0. The Morgan fingerprint density at radius 3 is 2.59 bits per heavy atom. The topological polar surface area (TPSA) is 51.2 Å². The molecule has 0 amide bonds. The Bertz CT molecular complexity index is 340. The fraction of sp³-hybridized carbons (Fsp3) is 0.714. The first-order valence-corrected chi connectivity index (χ1v) is 6.76. The van der Waals surface area contributed by atoms with Crippen LogP contribution in [-0.4, -0.2) is 0 Å². The van der Waals surface area contributed by atoms with E-state index in [0.717, 1.165) is 11.7 Å². The molecule has 17 heavy (non-hydrogen) atoms. The molecule has 1 aromatic heterocycles. The van der Waals surface area contributed by atoms with Crippen LogP contribution in [0, 0.1) is 18.8 Å². The standard InChI is InChI=1S/C14H24N2O/c1-3-11-4-6-12(7-5-11)14(16-15)13-8-9-17-10(13)2/h8-9,11-12,14,16H,3-7,15H2,1-2H3. The summed E-state index contributed by atoms with van der Waals surface area (Å²) < 4.78 is 5.38. The molecule has 3 N–H and O–H groups in total. The summed E-state index contributed by atoms with van der Waals surface area (Å²) in [6.45, 7) is 4.31. The molecule has 1 fully saturated rings. The Labute approximate surface area is 104 Å². The second-order valence-electron chi connectivity index (χ2n) is 5.27. The molecule has 1 aliphatic rings. The van der Waals surface area contributed by atoms with Crippen LogP contribution in [0.4, 0.5) is 0 Å². The molecule has 1 saturated carbocycles. The summed E-state index contributed by atoms with van der Waals surface area (Å²) in [6, 6.07) is 2.30. The molecule has 96 valence electrons. The van der Waals surface area contributed by atoms with Gasteiger partial charge in [0, 0.05) is 5.56 Å². The van der Waals surface area contributed by atoms with E-state index in [1.54, 1.807) is 6.26 Å². The molecule has 0 spiro atoms. The third kappa shape index (κ3) is 2.72. The van der Waals surface area contributed by atoms with Gasteiger partial charge in [-0.05, 0) is 37.7 Å². The number of furan rings is 1. The molecule has 0 aliphatic heterocycles. The molecule has 0 radical (unpaired) electrons. The summed E-state index contributed by atoms with van der Waals surface area (Å²) in [5.74, 6) is 8.31. The Morgan fingerprint density at radius 2 is 2.12 bits per heavy atom. The van der Waals surface area contributed by atoms with Crippen LogP contribution in [0.5, 0.6) is 0 Å². The molecule has 0 saturated heterocycles. The molecule has 0 bridgehead atoms. The number of hydrogen-bond donors (Lipinski definition) is 2. The smallest absolute Gasteiger partial charge is 0.105 e. The number of hydrazine groups is 1. The van der Waals surface area contributed by atoms with Gasteiger partial charge in [0.05, 0.1) is 12.3 Å². The highest BCUT2D eigenvalue weighted by Crippen LogP contribution is 2.38. The van der Waals surface area contributed by atoms with Gasteiger partial charge in [0.15, 0.2) is 0 Å². The molecule has 3 nitrogen and oxygen atoms in total. The van der Waals surface area contributed by atoms with Gasteiger partial charge in [0.2, 0.25) is 0 Å². The third-order valence-corrected chi connectivity index (χ3v) is 4.35. The van der Waals surface area contributed by atoms with Gasteiger partial charge < -0.3 is 4.42 Å². The van der Waals surface area contributed by atoms with Gasteiger partial charge in [-0.2, -0.15) is 0 Å². The van der Waals surface area contributed by atoms with Crippen molar-refractivity contribution >= 4 is 0 Å². The number of nitrogens with one attached hydrogen (secondary N) is 1. The summed E-state index contributed by atoms with van der Waals surface area (Å²) in [6.07, 6.45) is 8.31. The average molecular weight is 236 g/mol. The summed E-state index contributed by atoms with van der Waals surface area (Å²) >= 11 is 0. The predicted molar refractivity (Wildman–Crippen MR) is 69.2 cm³/mol. The van der Waals surface area contributed by atoms with E-state index >= 15 is 0 Å². The molecule has 1 aromatic rings. The van der Waals surface area contributed by atoms with E-state index in [0.29, 0.717) is 5.92 Å². The van der Waals surface area contributed by atoms with E-state index in [1.165, 1.54) is 37.7 Å². The monoisotopic (exact) mass is 236 g/mol. The minimum atomic E-state index is 0.256. The summed E-state index contributed by atoms with van der Waals surface area (Å²) in [5, 5.41) is 0. The van der Waals surface area contributed by atoms with Crippen LogP contribution in [0.25, 0.3) is 0 Å². The number of aryl methyl sites for hydroxylation is 1. The van der Waals surface area contributed by atoms with Crippen molar-refractivity contribution in [1.29, 1.82) is 0 Å². The number of rotatable bonds is 4. The highest BCUT2D eigenvalue weighted by Gasteiger charge is 2.28. The zero-order valence-electron chi connectivity index (χ0n) is 10.9. The lowest BCUT2D eigenvalue weighted by Crippen LogP contribution is -2.35. The number of nitrogens with two attached hydrogens (primary N) is 1. The molecule has 0 aromatic carbocycles. The van der Waals surface area contributed by atoms with Gasteiger partial charge in [0.1, 0.15) is 5.76 Å². The lowest BCUT2D eigenvalue weighted by Gasteiger charge is -2.33. The third-order valence-electron chi connectivity index (χ3n) is 4.35. The van der Waals surface area contributed by atoms with E-state index in [2.05, 4.69) is 12.3 Å². The average Bonchev–Trinajstić information content (AvgIpc) is 2.78. The van der Waals surface area contributed by atoms with Crippen molar-refractivity contribution in [3.8, 4) is 0 Å². The van der Waals surface area contributed by atoms with Crippen molar-refractivity contribution in [1.82, 2.24) is 5.43 Å². The molecule has 1 unspecified atom stereocenters. The molecule has 2 rings (SSSR count). The normalized spacial score (nSPS) is 27.0. The Balaban J connectivity index is 2.03. The predicted octanol–water partition coefficient (Wildman–Crippen LogP) is 3.31. The van der Waals surface area contributed by atoms with Gasteiger partial charge in [-0.1, -0.05) is 26.2 Å². The van der Waals surface area contributed by atoms with Crippen molar-refractivity contribution < 1.29 is 4.42 Å². The van der Waals surface area contributed by atoms with Crippen LogP contribution in [0.2, 0.25) is 0 Å². The van der Waals surface area contributed by atoms with Crippen LogP contribution in [-0.2, 0) is 0 Å². The van der Waals surface area contributed by atoms with Crippen LogP contribution in [0.15, 0.2) is 16.7 Å². The van der Waals surface area contributed by atoms with Gasteiger partial charge in [-0.3, -0.25) is 11.3 Å². The van der Waals surface area contributed by atoms with E-state index in [1.807, 2.05) is 13.0 Å². The zero-order valence-corrected chi connectivity index (χ0v) is 10.9. The van der Waals surface area contributed by atoms with Crippen molar-refractivity contribution in [3.63, 3.8) is 0 Å². The van der Waals surface area contributed by atoms with Crippen LogP contribution in [0.3, 0.4) is 0 Å². The zero-order chi connectivity index (χ0) is 12.3. The van der Waals surface area contributed by atoms with Crippen molar-refractivity contribution in [2.24, 2.45) is 17.7 Å². The van der Waals surface area contributed by atoms with Crippen LogP contribution in [0.1, 0.15) is 56.4 Å². The molecule has 1 heterocycles. The van der Waals surface area contributed by atoms with Crippen molar-refractivity contribution in [3.05, 3.63) is 23.7 Å². The molecule has 1 atom stereocenters. The fourth-order valence-electron chi connectivity index (χ4n) is 3.13. The number of hydrogen-bond acceptors (Lipinski definition) is 3. The highest BCUT2D eigenvalue weighted by atomic mass is 16.3. The Morgan fingerprint density at radius 1 is 1.41 bits per heavy atom.